The van der Waals surface area contributed by atoms with Crippen LogP contribution in [0.25, 0.3) is 29.1 Å². The Balaban J connectivity index is 1.41. The molecule has 0 aliphatic rings. The van der Waals surface area contributed by atoms with Crippen LogP contribution in [0.3, 0.4) is 0 Å². The number of aryl methyl sites for hydroxylation is 1. The molecule has 196 valence electrons. The first-order valence-electron chi connectivity index (χ1n) is 13.2. The summed E-state index contributed by atoms with van der Waals surface area (Å²) in [6.45, 7) is 9.78. The fourth-order valence-corrected chi connectivity index (χ4v) is 4.52. The summed E-state index contributed by atoms with van der Waals surface area (Å²) in [5.41, 5.74) is 15.4. The van der Waals surface area contributed by atoms with E-state index < -0.39 is 0 Å². The van der Waals surface area contributed by atoms with Crippen molar-refractivity contribution < 1.29 is 0 Å². The predicted molar refractivity (Wildman–Crippen MR) is 172 cm³/mol. The van der Waals surface area contributed by atoms with Gasteiger partial charge in [-0.1, -0.05) is 84.5 Å². The maximum Gasteiger partial charge on any atom is 0.194 e. The highest BCUT2D eigenvalue weighted by Gasteiger charge is 2.12. The van der Waals surface area contributed by atoms with Crippen molar-refractivity contribution in [1.82, 2.24) is 0 Å². The summed E-state index contributed by atoms with van der Waals surface area (Å²) < 4.78 is 0. The molecule has 2 N–H and O–H groups in total. The van der Waals surface area contributed by atoms with Crippen molar-refractivity contribution in [2.24, 2.45) is 0 Å². The monoisotopic (exact) mass is 528 g/mol. The van der Waals surface area contributed by atoms with Crippen molar-refractivity contribution >= 4 is 52.7 Å². The second-order valence-corrected chi connectivity index (χ2v) is 9.65. The van der Waals surface area contributed by atoms with E-state index >= 15 is 0 Å². The molecule has 5 aromatic rings. The number of benzene rings is 5. The van der Waals surface area contributed by atoms with Crippen molar-refractivity contribution in [1.29, 1.82) is 5.26 Å². The van der Waals surface area contributed by atoms with Gasteiger partial charge in [-0.25, -0.2) is 4.85 Å². The first kappa shape index (κ1) is 26.8. The lowest BCUT2D eigenvalue weighted by Crippen LogP contribution is -2.09. The molecule has 0 heterocycles. The van der Waals surface area contributed by atoms with Crippen LogP contribution in [0.1, 0.15) is 33.4 Å². The third kappa shape index (κ3) is 6.42. The molecule has 0 amide bonds. The maximum absolute atomic E-state index is 9.81. The summed E-state index contributed by atoms with van der Waals surface area (Å²) in [4.78, 5) is 5.91. The normalized spacial score (nSPS) is 10.9. The predicted octanol–water partition coefficient (Wildman–Crippen LogP) is 9.81. The summed E-state index contributed by atoms with van der Waals surface area (Å²) in [5.74, 6) is 0. The minimum Gasteiger partial charge on any atom is -0.399 e. The van der Waals surface area contributed by atoms with Crippen LogP contribution in [0.4, 0.5) is 28.4 Å². The topological polar surface area (TPSA) is 57.4 Å². The van der Waals surface area contributed by atoms with E-state index in [9.17, 15) is 5.26 Å². The van der Waals surface area contributed by atoms with Crippen molar-refractivity contribution in [3.63, 3.8) is 0 Å². The zero-order valence-corrected chi connectivity index (χ0v) is 22.7. The van der Waals surface area contributed by atoms with E-state index in [-0.39, 0.29) is 0 Å². The van der Waals surface area contributed by atoms with E-state index in [4.69, 9.17) is 12.3 Å². The van der Waals surface area contributed by atoms with Gasteiger partial charge in [-0.15, -0.1) is 0 Å². The second kappa shape index (κ2) is 12.3. The first-order valence-corrected chi connectivity index (χ1v) is 13.2. The van der Waals surface area contributed by atoms with Gasteiger partial charge < -0.3 is 10.6 Å². The van der Waals surface area contributed by atoms with Gasteiger partial charge in [-0.3, -0.25) is 0 Å². The number of anilines is 4. The van der Waals surface area contributed by atoms with E-state index in [0.717, 1.165) is 39.4 Å². The smallest absolute Gasteiger partial charge is 0.194 e. The number of nitrogens with two attached hydrogens (primary N) is 1. The van der Waals surface area contributed by atoms with Crippen LogP contribution in [0.15, 0.2) is 115 Å². The molecule has 0 atom stereocenters. The van der Waals surface area contributed by atoms with Crippen molar-refractivity contribution in [2.45, 2.75) is 6.92 Å². The van der Waals surface area contributed by atoms with Gasteiger partial charge in [-0.2, -0.15) is 5.26 Å². The van der Waals surface area contributed by atoms with Gasteiger partial charge in [0.25, 0.3) is 0 Å². The molecule has 0 spiro atoms. The van der Waals surface area contributed by atoms with E-state index in [1.165, 1.54) is 5.56 Å². The molecular weight excluding hydrogens is 500 g/mol. The second-order valence-electron chi connectivity index (χ2n) is 9.65. The average Bonchev–Trinajstić information content (AvgIpc) is 3.02. The molecule has 0 aliphatic heterocycles. The zero-order chi connectivity index (χ0) is 28.6. The summed E-state index contributed by atoms with van der Waals surface area (Å²) in [6.07, 6.45) is 7.71. The van der Waals surface area contributed by atoms with Crippen molar-refractivity contribution in [3.05, 3.63) is 160 Å². The van der Waals surface area contributed by atoms with Gasteiger partial charge in [0, 0.05) is 22.7 Å². The lowest BCUT2D eigenvalue weighted by atomic mass is 10.0. The van der Waals surface area contributed by atoms with Gasteiger partial charge in [0.2, 0.25) is 0 Å². The molecule has 4 heteroatoms. The van der Waals surface area contributed by atoms with Gasteiger partial charge in [0.05, 0.1) is 18.2 Å². The van der Waals surface area contributed by atoms with Crippen LogP contribution in [0.5, 0.6) is 0 Å². The van der Waals surface area contributed by atoms with E-state index in [2.05, 4.69) is 40.1 Å². The Hall–Kier alpha value is -5.84. The van der Waals surface area contributed by atoms with Crippen molar-refractivity contribution in [3.8, 4) is 6.07 Å². The number of hydrogen-bond donors (Lipinski definition) is 1. The molecule has 5 aromatic carbocycles. The fourth-order valence-electron chi connectivity index (χ4n) is 4.52. The quantitative estimate of drug-likeness (QED) is 0.130. The molecule has 0 aromatic heterocycles. The third-order valence-electron chi connectivity index (χ3n) is 6.74. The number of rotatable bonds is 7. The van der Waals surface area contributed by atoms with Crippen LogP contribution in [-0.4, -0.2) is 0 Å². The lowest BCUT2D eigenvalue weighted by molar-refractivity contribution is 1.28. The summed E-state index contributed by atoms with van der Waals surface area (Å²) in [7, 11) is 0. The summed E-state index contributed by atoms with van der Waals surface area (Å²) >= 11 is 0. The van der Waals surface area contributed by atoms with Gasteiger partial charge in [0.1, 0.15) is 0 Å². The Kier molecular flexibility index (Phi) is 8.06. The lowest BCUT2D eigenvalue weighted by Gasteiger charge is -2.25. The largest absolute Gasteiger partial charge is 0.399 e. The van der Waals surface area contributed by atoms with E-state index in [1.54, 1.807) is 12.1 Å². The highest BCUT2D eigenvalue weighted by molar-refractivity contribution is 5.83. The molecule has 0 bridgehead atoms. The fraction of sp³-hybridized carbons (Fsp3) is 0.0270. The summed E-state index contributed by atoms with van der Waals surface area (Å²) in [5, 5.41) is 9.81. The molecule has 4 nitrogen and oxygen atoms in total. The number of nitriles is 1. The molecule has 0 radical (unpaired) electrons. The van der Waals surface area contributed by atoms with Crippen molar-refractivity contribution in [2.75, 3.05) is 10.6 Å². The average molecular weight is 529 g/mol. The Bertz CT molecular complexity index is 1780. The molecule has 41 heavy (non-hydrogen) atoms. The minimum absolute atomic E-state index is 0.499. The van der Waals surface area contributed by atoms with E-state index in [0.29, 0.717) is 16.8 Å². The minimum atomic E-state index is 0.499. The number of nitrogens with zero attached hydrogens (tertiary/aromatic N) is 3. The molecule has 0 aliphatic carbocycles. The maximum atomic E-state index is 9.81. The Morgan fingerprint density at radius 1 is 0.683 bits per heavy atom. The first-order chi connectivity index (χ1) is 20.0. The third-order valence-corrected chi connectivity index (χ3v) is 6.74. The number of para-hydroxylation sites is 1. The van der Waals surface area contributed by atoms with Crippen LogP contribution >= 0.6 is 0 Å². The highest BCUT2D eigenvalue weighted by atomic mass is 15.1. The standard InChI is InChI=1S/C37H28N4/c1-27-8-10-28(11-9-27)12-16-30-25-37(40-2)31(24-32(30)26-38)17-13-29-14-20-35(21-15-29)41(34-6-4-3-5-7-34)36-22-18-33(39)19-23-36/h3-25H,39H2,1H3/b16-12-,17-13-. The number of nitrogen functional groups attached to an aromatic ring is 1. The molecule has 5 rings (SSSR count). The summed E-state index contributed by atoms with van der Waals surface area (Å²) in [6, 6.07) is 40.2. The zero-order valence-electron chi connectivity index (χ0n) is 22.7. The van der Waals surface area contributed by atoms with Gasteiger partial charge in [-0.05, 0) is 89.8 Å². The Morgan fingerprint density at radius 2 is 1.22 bits per heavy atom. The van der Waals surface area contributed by atoms with Crippen LogP contribution in [0, 0.1) is 24.8 Å². The van der Waals surface area contributed by atoms with Gasteiger partial charge >= 0.3 is 0 Å². The Morgan fingerprint density at radius 3 is 1.80 bits per heavy atom. The SMILES string of the molecule is [C-]#[N+]c1cc(/C=C\c2ccc(C)cc2)c(C#N)cc1/C=C\c1ccc(N(c2ccccc2)c2ccc(N)cc2)cc1. The molecule has 0 unspecified atom stereocenters. The van der Waals surface area contributed by atoms with Gasteiger partial charge in [0.15, 0.2) is 5.69 Å². The van der Waals surface area contributed by atoms with Crippen LogP contribution in [0.2, 0.25) is 0 Å². The molecule has 0 saturated heterocycles. The molecule has 0 saturated carbocycles. The molecular formula is C37H28N4. The number of hydrogen-bond acceptors (Lipinski definition) is 3. The van der Waals surface area contributed by atoms with Crippen LogP contribution < -0.4 is 10.6 Å². The highest BCUT2D eigenvalue weighted by Crippen LogP contribution is 2.35. The Labute approximate surface area is 241 Å². The van der Waals surface area contributed by atoms with E-state index in [1.807, 2.05) is 110 Å². The molecule has 0 fully saturated rings. The van der Waals surface area contributed by atoms with Crippen LogP contribution in [-0.2, 0) is 0 Å².